The average molecular weight is 294 g/mol. The highest BCUT2D eigenvalue weighted by molar-refractivity contribution is 6.36. The second kappa shape index (κ2) is 4.40. The summed E-state index contributed by atoms with van der Waals surface area (Å²) in [4.78, 5) is 15.0. The number of halogens is 2. The molecule has 3 aromatic rings. The molecule has 3 rings (SSSR count). The lowest BCUT2D eigenvalue weighted by molar-refractivity contribution is 1.12. The molecule has 0 spiro atoms. The van der Waals surface area contributed by atoms with E-state index >= 15 is 0 Å². The highest BCUT2D eigenvalue weighted by atomic mass is 35.5. The van der Waals surface area contributed by atoms with Crippen molar-refractivity contribution in [3.05, 3.63) is 50.2 Å². The minimum Gasteiger partial charge on any atom is -0.355 e. The smallest absolute Gasteiger partial charge is 0.207 e. The summed E-state index contributed by atoms with van der Waals surface area (Å²) in [5, 5.41) is 7.96. The monoisotopic (exact) mass is 293 g/mol. The molecule has 2 heterocycles. The van der Waals surface area contributed by atoms with Crippen LogP contribution < -0.4 is 5.43 Å². The molecule has 0 saturated carbocycles. The van der Waals surface area contributed by atoms with Gasteiger partial charge in [0.05, 0.1) is 10.5 Å². The number of rotatable bonds is 1. The number of H-pyrrole nitrogens is 2. The van der Waals surface area contributed by atoms with Crippen LogP contribution in [0.5, 0.6) is 0 Å². The molecule has 0 atom stereocenters. The Hall–Kier alpha value is -1.78. The van der Waals surface area contributed by atoms with Gasteiger partial charge in [-0.1, -0.05) is 23.2 Å². The molecule has 0 fully saturated rings. The van der Waals surface area contributed by atoms with Crippen LogP contribution in [0.15, 0.2) is 29.1 Å². The lowest BCUT2D eigenvalue weighted by Gasteiger charge is -2.02. The number of hydrogen-bond donors (Lipinski definition) is 2. The Balaban J connectivity index is 2.34. The number of pyridine rings is 1. The van der Waals surface area contributed by atoms with E-state index in [0.717, 1.165) is 11.3 Å². The largest absolute Gasteiger partial charge is 0.355 e. The van der Waals surface area contributed by atoms with E-state index < -0.39 is 0 Å². The molecule has 2 aromatic heterocycles. The SMILES string of the molecule is Cc1cc(=O)c2[nH]nc(-c3ccc(Cl)cc3Cl)c2[nH]1. The van der Waals surface area contributed by atoms with Gasteiger partial charge in [-0.15, -0.1) is 0 Å². The van der Waals surface area contributed by atoms with Crippen LogP contribution in [-0.2, 0) is 0 Å². The molecule has 0 radical (unpaired) electrons. The summed E-state index contributed by atoms with van der Waals surface area (Å²) in [5.74, 6) is 0. The molecule has 4 nitrogen and oxygen atoms in total. The van der Waals surface area contributed by atoms with Crippen molar-refractivity contribution in [3.8, 4) is 11.3 Å². The second-order valence-electron chi connectivity index (χ2n) is 4.26. The third-order valence-corrected chi connectivity index (χ3v) is 3.42. The number of nitrogens with one attached hydrogen (secondary N) is 2. The maximum atomic E-state index is 11.8. The van der Waals surface area contributed by atoms with E-state index in [1.54, 1.807) is 18.2 Å². The van der Waals surface area contributed by atoms with Crippen LogP contribution in [0.1, 0.15) is 5.69 Å². The lowest BCUT2D eigenvalue weighted by atomic mass is 10.1. The Morgan fingerprint density at radius 2 is 1.95 bits per heavy atom. The standard InChI is InChI=1S/C13H9Cl2N3O/c1-6-4-10(19)12-13(16-6)11(17-18-12)8-3-2-7(14)5-9(8)15/h2-5H,1H3,(H,16,19)(H,17,18). The van der Waals surface area contributed by atoms with Crippen molar-refractivity contribution < 1.29 is 0 Å². The van der Waals surface area contributed by atoms with Gasteiger partial charge >= 0.3 is 0 Å². The van der Waals surface area contributed by atoms with E-state index in [2.05, 4.69) is 15.2 Å². The normalized spacial score (nSPS) is 11.1. The fourth-order valence-electron chi connectivity index (χ4n) is 2.02. The molecule has 2 N–H and O–H groups in total. The number of fused-ring (bicyclic) bond motifs is 1. The van der Waals surface area contributed by atoms with Gasteiger partial charge in [-0.2, -0.15) is 5.10 Å². The molecule has 0 aliphatic carbocycles. The van der Waals surface area contributed by atoms with Gasteiger partial charge in [-0.05, 0) is 25.1 Å². The molecule has 0 aliphatic rings. The fourth-order valence-corrected chi connectivity index (χ4v) is 2.52. The van der Waals surface area contributed by atoms with Crippen molar-refractivity contribution in [2.24, 2.45) is 0 Å². The number of nitrogens with zero attached hydrogens (tertiary/aromatic N) is 1. The Morgan fingerprint density at radius 1 is 1.16 bits per heavy atom. The maximum Gasteiger partial charge on any atom is 0.207 e. The Bertz CT molecular complexity index is 836. The van der Waals surface area contributed by atoms with Crippen molar-refractivity contribution in [1.29, 1.82) is 0 Å². The summed E-state index contributed by atoms with van der Waals surface area (Å²) in [7, 11) is 0. The third kappa shape index (κ3) is 2.03. The van der Waals surface area contributed by atoms with Crippen molar-refractivity contribution in [2.75, 3.05) is 0 Å². The molecule has 0 aliphatic heterocycles. The summed E-state index contributed by atoms with van der Waals surface area (Å²) in [6.07, 6.45) is 0. The van der Waals surface area contributed by atoms with Crippen LogP contribution in [-0.4, -0.2) is 15.2 Å². The lowest BCUT2D eigenvalue weighted by Crippen LogP contribution is -2.02. The van der Waals surface area contributed by atoms with E-state index in [1.807, 2.05) is 6.92 Å². The molecule has 1 aromatic carbocycles. The average Bonchev–Trinajstić information content (AvgIpc) is 2.73. The Labute approximate surface area is 118 Å². The third-order valence-electron chi connectivity index (χ3n) is 2.87. The van der Waals surface area contributed by atoms with Crippen LogP contribution in [0, 0.1) is 6.92 Å². The second-order valence-corrected chi connectivity index (χ2v) is 5.11. The van der Waals surface area contributed by atoms with Gasteiger partial charge in [0.2, 0.25) is 5.43 Å². The topological polar surface area (TPSA) is 61.5 Å². The molecular formula is C13H9Cl2N3O. The van der Waals surface area contributed by atoms with Gasteiger partial charge in [0.25, 0.3) is 0 Å². The minimum absolute atomic E-state index is 0.102. The molecule has 0 unspecified atom stereocenters. The van der Waals surface area contributed by atoms with E-state index in [4.69, 9.17) is 23.2 Å². The number of aryl methyl sites for hydroxylation is 1. The minimum atomic E-state index is -0.102. The summed E-state index contributed by atoms with van der Waals surface area (Å²) < 4.78 is 0. The van der Waals surface area contributed by atoms with Crippen molar-refractivity contribution >= 4 is 34.2 Å². The molecule has 96 valence electrons. The van der Waals surface area contributed by atoms with E-state index in [1.165, 1.54) is 6.07 Å². The zero-order valence-corrected chi connectivity index (χ0v) is 11.4. The number of benzene rings is 1. The molecule has 0 bridgehead atoms. The summed E-state index contributed by atoms with van der Waals surface area (Å²) in [6.45, 7) is 1.82. The maximum absolute atomic E-state index is 11.8. The van der Waals surface area contributed by atoms with Gasteiger partial charge in [-0.3, -0.25) is 9.89 Å². The first-order valence-electron chi connectivity index (χ1n) is 5.59. The van der Waals surface area contributed by atoms with Crippen LogP contribution in [0.2, 0.25) is 10.0 Å². The molecule has 0 saturated heterocycles. The molecule has 19 heavy (non-hydrogen) atoms. The predicted octanol–water partition coefficient (Wildman–Crippen LogP) is 3.53. The number of aromatic nitrogens is 3. The first-order valence-corrected chi connectivity index (χ1v) is 6.35. The molecule has 6 heteroatoms. The summed E-state index contributed by atoms with van der Waals surface area (Å²) in [6, 6.07) is 6.68. The van der Waals surface area contributed by atoms with Crippen LogP contribution in [0.3, 0.4) is 0 Å². The van der Waals surface area contributed by atoms with Crippen molar-refractivity contribution in [2.45, 2.75) is 6.92 Å². The van der Waals surface area contributed by atoms with Gasteiger partial charge < -0.3 is 4.98 Å². The van der Waals surface area contributed by atoms with E-state index in [-0.39, 0.29) is 5.43 Å². The van der Waals surface area contributed by atoms with Gasteiger partial charge in [0, 0.05) is 22.3 Å². The first kappa shape index (κ1) is 12.3. The van der Waals surface area contributed by atoms with Crippen LogP contribution >= 0.6 is 23.2 Å². The van der Waals surface area contributed by atoms with Gasteiger partial charge in [0.15, 0.2) is 0 Å². The van der Waals surface area contributed by atoms with Gasteiger partial charge in [-0.25, -0.2) is 0 Å². The number of hydrogen-bond acceptors (Lipinski definition) is 2. The van der Waals surface area contributed by atoms with Crippen LogP contribution in [0.4, 0.5) is 0 Å². The van der Waals surface area contributed by atoms with Crippen molar-refractivity contribution in [1.82, 2.24) is 15.2 Å². The highest BCUT2D eigenvalue weighted by Gasteiger charge is 2.14. The predicted molar refractivity (Wildman–Crippen MR) is 76.9 cm³/mol. The van der Waals surface area contributed by atoms with E-state index in [0.29, 0.717) is 26.8 Å². The fraction of sp³-hybridized carbons (Fsp3) is 0.0769. The van der Waals surface area contributed by atoms with Gasteiger partial charge in [0.1, 0.15) is 11.2 Å². The van der Waals surface area contributed by atoms with Crippen molar-refractivity contribution in [3.63, 3.8) is 0 Å². The summed E-state index contributed by atoms with van der Waals surface area (Å²) >= 11 is 12.0. The molecule has 0 amide bonds. The zero-order valence-electron chi connectivity index (χ0n) is 9.92. The quantitative estimate of drug-likeness (QED) is 0.721. The number of aromatic amines is 2. The van der Waals surface area contributed by atoms with Crippen LogP contribution in [0.25, 0.3) is 22.3 Å². The first-order chi connectivity index (χ1) is 9.06. The Kier molecular flexibility index (Phi) is 2.84. The zero-order chi connectivity index (χ0) is 13.6. The van der Waals surface area contributed by atoms with E-state index in [9.17, 15) is 4.79 Å². The Morgan fingerprint density at radius 3 is 2.68 bits per heavy atom. The summed E-state index contributed by atoms with van der Waals surface area (Å²) in [5.41, 5.74) is 3.08. The molecular weight excluding hydrogens is 285 g/mol. The highest BCUT2D eigenvalue weighted by Crippen LogP contribution is 2.31.